The van der Waals surface area contributed by atoms with Gasteiger partial charge in [-0.05, 0) is 39.5 Å². The van der Waals surface area contributed by atoms with E-state index in [1.54, 1.807) is 6.92 Å². The minimum Gasteiger partial charge on any atom is -0.381 e. The van der Waals surface area contributed by atoms with Gasteiger partial charge in [0.1, 0.15) is 17.5 Å². The highest BCUT2D eigenvalue weighted by atomic mass is 19.3. The smallest absolute Gasteiger partial charge is 0.266 e. The van der Waals surface area contributed by atoms with Gasteiger partial charge < -0.3 is 15.4 Å². The number of benzene rings is 1. The van der Waals surface area contributed by atoms with Crippen molar-refractivity contribution in [3.05, 3.63) is 64.5 Å². The first-order valence-electron chi connectivity index (χ1n) is 11.1. The van der Waals surface area contributed by atoms with Crippen molar-refractivity contribution in [3.63, 3.8) is 0 Å². The van der Waals surface area contributed by atoms with E-state index in [1.165, 1.54) is 12.1 Å². The van der Waals surface area contributed by atoms with Crippen LogP contribution in [0.2, 0.25) is 0 Å². The number of alkyl halides is 3. The third kappa shape index (κ3) is 5.13. The van der Waals surface area contributed by atoms with E-state index < -0.39 is 30.1 Å². The molecule has 1 saturated carbocycles. The van der Waals surface area contributed by atoms with Crippen LogP contribution in [0.25, 0.3) is 0 Å². The molecule has 0 spiro atoms. The Morgan fingerprint density at radius 1 is 1.27 bits per heavy atom. The first-order valence-corrected chi connectivity index (χ1v) is 11.1. The first kappa shape index (κ1) is 23.5. The summed E-state index contributed by atoms with van der Waals surface area (Å²) in [7, 11) is 0. The van der Waals surface area contributed by atoms with Crippen LogP contribution in [-0.2, 0) is 11.3 Å². The second-order valence-corrected chi connectivity index (χ2v) is 8.97. The molecule has 33 heavy (non-hydrogen) atoms. The second-order valence-electron chi connectivity index (χ2n) is 8.97. The number of nitrogens with one attached hydrogen (secondary N) is 2. The van der Waals surface area contributed by atoms with Gasteiger partial charge in [0.25, 0.3) is 6.43 Å². The van der Waals surface area contributed by atoms with Gasteiger partial charge in [0.05, 0.1) is 17.4 Å². The Morgan fingerprint density at radius 3 is 2.67 bits per heavy atom. The number of aryl methyl sites for hydroxylation is 1. The second kappa shape index (κ2) is 9.29. The van der Waals surface area contributed by atoms with Crippen molar-refractivity contribution in [3.8, 4) is 0 Å². The zero-order chi connectivity index (χ0) is 23.8. The normalized spacial score (nSPS) is 20.0. The van der Waals surface area contributed by atoms with Crippen LogP contribution in [0.5, 0.6) is 0 Å². The summed E-state index contributed by atoms with van der Waals surface area (Å²) in [4.78, 5) is 8.80. The van der Waals surface area contributed by atoms with E-state index in [0.717, 1.165) is 25.3 Å². The van der Waals surface area contributed by atoms with Gasteiger partial charge in [-0.2, -0.15) is 0 Å². The van der Waals surface area contributed by atoms with E-state index in [-0.39, 0.29) is 29.0 Å². The van der Waals surface area contributed by atoms with Gasteiger partial charge in [-0.3, -0.25) is 0 Å². The van der Waals surface area contributed by atoms with E-state index in [0.29, 0.717) is 30.2 Å². The van der Waals surface area contributed by atoms with Gasteiger partial charge in [-0.25, -0.2) is 27.5 Å². The maximum atomic E-state index is 15.7. The molecule has 0 amide bonds. The summed E-state index contributed by atoms with van der Waals surface area (Å²) < 4.78 is 62.2. The molecular formula is C24H28F4N4O. The standard InChI is InChI=1S/C24H28F4N4O/c1-13(32-24(3)9-10-24)19(25)21-18(17-8-5-11-33-17)23(31-14(2)30-21)29-12-15-6-4-7-16(20(15)26)22(27)28/h4,6-7,17,19,22,32H,1,5,8-12H2,2-3H3,(H,29,30,31). The Morgan fingerprint density at radius 2 is 2.03 bits per heavy atom. The summed E-state index contributed by atoms with van der Waals surface area (Å²) in [5, 5.41) is 6.17. The highest BCUT2D eigenvalue weighted by Crippen LogP contribution is 2.41. The summed E-state index contributed by atoms with van der Waals surface area (Å²) in [6.07, 6.45) is -1.60. The Bertz CT molecular complexity index is 1040. The SMILES string of the molecule is C=C(NC1(C)CC1)C(F)c1nc(C)nc(NCc2cccc(C(F)F)c2F)c1C1CCCO1. The maximum absolute atomic E-state index is 15.7. The topological polar surface area (TPSA) is 59.1 Å². The molecule has 2 fully saturated rings. The van der Waals surface area contributed by atoms with Gasteiger partial charge in [-0.15, -0.1) is 0 Å². The third-order valence-electron chi connectivity index (χ3n) is 6.14. The van der Waals surface area contributed by atoms with Crippen LogP contribution in [0.4, 0.5) is 23.4 Å². The molecule has 1 aliphatic heterocycles. The van der Waals surface area contributed by atoms with Crippen molar-refractivity contribution >= 4 is 5.82 Å². The number of hydrogen-bond donors (Lipinski definition) is 2. The highest BCUT2D eigenvalue weighted by molar-refractivity contribution is 5.51. The van der Waals surface area contributed by atoms with E-state index in [2.05, 4.69) is 27.2 Å². The predicted molar refractivity (Wildman–Crippen MR) is 117 cm³/mol. The van der Waals surface area contributed by atoms with Crippen LogP contribution in [0.3, 0.4) is 0 Å². The molecule has 4 rings (SSSR count). The molecule has 2 aliphatic rings. The number of ether oxygens (including phenoxy) is 1. The Kier molecular flexibility index (Phi) is 6.61. The molecule has 5 nitrogen and oxygen atoms in total. The predicted octanol–water partition coefficient (Wildman–Crippen LogP) is 5.99. The number of allylic oxidation sites excluding steroid dienone is 1. The van der Waals surface area contributed by atoms with Crippen molar-refractivity contribution in [1.82, 2.24) is 15.3 Å². The lowest BCUT2D eigenvalue weighted by atomic mass is 10.0. The number of hydrogen-bond acceptors (Lipinski definition) is 5. The van der Waals surface area contributed by atoms with E-state index in [4.69, 9.17) is 4.74 Å². The van der Waals surface area contributed by atoms with Crippen LogP contribution >= 0.6 is 0 Å². The van der Waals surface area contributed by atoms with Crippen molar-refractivity contribution < 1.29 is 22.3 Å². The van der Waals surface area contributed by atoms with Crippen LogP contribution in [0, 0.1) is 12.7 Å². The Labute approximate surface area is 190 Å². The molecule has 2 N–H and O–H groups in total. The molecule has 178 valence electrons. The fourth-order valence-corrected chi connectivity index (χ4v) is 4.07. The molecule has 1 aromatic carbocycles. The molecule has 2 aromatic rings. The quantitative estimate of drug-likeness (QED) is 0.447. The van der Waals surface area contributed by atoms with E-state index in [1.807, 2.05) is 6.92 Å². The first-order chi connectivity index (χ1) is 15.7. The largest absolute Gasteiger partial charge is 0.381 e. The van der Waals surface area contributed by atoms with E-state index in [9.17, 15) is 13.2 Å². The minimum absolute atomic E-state index is 0.0634. The van der Waals surface area contributed by atoms with Gasteiger partial charge >= 0.3 is 0 Å². The van der Waals surface area contributed by atoms with Crippen molar-refractivity contribution in [2.75, 3.05) is 11.9 Å². The summed E-state index contributed by atoms with van der Waals surface area (Å²) >= 11 is 0. The molecule has 9 heteroatoms. The zero-order valence-electron chi connectivity index (χ0n) is 18.7. The van der Waals surface area contributed by atoms with Gasteiger partial charge in [0, 0.05) is 35.5 Å². The molecule has 0 bridgehead atoms. The average Bonchev–Trinajstić information content (AvgIpc) is 3.25. The molecular weight excluding hydrogens is 436 g/mol. The van der Waals surface area contributed by atoms with Crippen LogP contribution in [0.15, 0.2) is 30.5 Å². The lowest BCUT2D eigenvalue weighted by Crippen LogP contribution is -2.29. The molecule has 2 unspecified atom stereocenters. The maximum Gasteiger partial charge on any atom is 0.266 e. The number of rotatable bonds is 9. The number of halogens is 4. The summed E-state index contributed by atoms with van der Waals surface area (Å²) in [6.45, 7) is 7.95. The van der Waals surface area contributed by atoms with Gasteiger partial charge in [0.2, 0.25) is 0 Å². The molecule has 0 radical (unpaired) electrons. The van der Waals surface area contributed by atoms with Crippen LogP contribution in [0.1, 0.15) is 79.5 Å². The third-order valence-corrected chi connectivity index (χ3v) is 6.14. The molecule has 1 aliphatic carbocycles. The fraction of sp³-hybridized carbons (Fsp3) is 0.500. The number of nitrogens with zero attached hydrogens (tertiary/aromatic N) is 2. The average molecular weight is 465 g/mol. The minimum atomic E-state index is -2.92. The number of anilines is 1. The monoisotopic (exact) mass is 464 g/mol. The summed E-state index contributed by atoms with van der Waals surface area (Å²) in [5.74, 6) is -0.341. The fourth-order valence-electron chi connectivity index (χ4n) is 4.07. The summed E-state index contributed by atoms with van der Waals surface area (Å²) in [6, 6.07) is 3.86. The van der Waals surface area contributed by atoms with Crippen LogP contribution < -0.4 is 10.6 Å². The molecule has 1 aromatic heterocycles. The lowest BCUT2D eigenvalue weighted by molar-refractivity contribution is 0.110. The Hall–Kier alpha value is -2.68. The van der Waals surface area contributed by atoms with E-state index >= 15 is 4.39 Å². The summed E-state index contributed by atoms with van der Waals surface area (Å²) in [5.41, 5.74) is 0.0812. The van der Waals surface area contributed by atoms with Crippen molar-refractivity contribution in [2.45, 2.75) is 70.3 Å². The molecule has 2 heterocycles. The van der Waals surface area contributed by atoms with Crippen LogP contribution in [-0.4, -0.2) is 22.1 Å². The van der Waals surface area contributed by atoms with Gasteiger partial charge in [-0.1, -0.05) is 24.8 Å². The van der Waals surface area contributed by atoms with Gasteiger partial charge in [0.15, 0.2) is 6.17 Å². The van der Waals surface area contributed by atoms with Crippen molar-refractivity contribution in [1.29, 1.82) is 0 Å². The Balaban J connectivity index is 1.66. The highest BCUT2D eigenvalue weighted by Gasteiger charge is 2.39. The zero-order valence-corrected chi connectivity index (χ0v) is 18.7. The van der Waals surface area contributed by atoms with Crippen molar-refractivity contribution in [2.24, 2.45) is 0 Å². The number of aromatic nitrogens is 2. The molecule has 1 saturated heterocycles. The lowest BCUT2D eigenvalue weighted by Gasteiger charge is -2.24. The molecule has 2 atom stereocenters.